The first kappa shape index (κ1) is 25.6. The topological polar surface area (TPSA) is 157 Å². The van der Waals surface area contributed by atoms with Gasteiger partial charge >= 0.3 is 23.9 Å². The Kier molecular flexibility index (Phi) is 9.93. The molecule has 0 aromatic heterocycles. The largest absolute Gasteiger partial charge is 0.480 e. The lowest BCUT2D eigenvalue weighted by molar-refractivity contribution is -0.158. The van der Waals surface area contributed by atoms with E-state index in [0.29, 0.717) is 0 Å². The van der Waals surface area contributed by atoms with Gasteiger partial charge in [0.05, 0.1) is 0 Å². The summed E-state index contributed by atoms with van der Waals surface area (Å²) in [6.07, 6.45) is -0.0744. The number of ether oxygens (including phenoxy) is 2. The Labute approximate surface area is 165 Å². The lowest BCUT2D eigenvalue weighted by atomic mass is 10.1. The van der Waals surface area contributed by atoms with E-state index in [1.54, 1.807) is 41.5 Å². The monoisotopic (exact) mass is 403 g/mol. The average Bonchev–Trinajstić information content (AvgIpc) is 2.47. The number of aliphatic carboxylic acids is 1. The van der Waals surface area contributed by atoms with Crippen LogP contribution in [0.3, 0.4) is 0 Å². The molecule has 0 fully saturated rings. The van der Waals surface area contributed by atoms with E-state index in [0.717, 1.165) is 0 Å². The van der Waals surface area contributed by atoms with Gasteiger partial charge in [-0.25, -0.2) is 9.59 Å². The quantitative estimate of drug-likeness (QED) is 0.414. The number of carbonyl (C=O) groups excluding carboxylic acids is 3. The van der Waals surface area contributed by atoms with Crippen LogP contribution in [0.4, 0.5) is 4.79 Å². The molecule has 0 aromatic rings. The molecule has 0 heterocycles. The van der Waals surface area contributed by atoms with Crippen LogP contribution in [-0.2, 0) is 23.9 Å². The summed E-state index contributed by atoms with van der Waals surface area (Å²) in [6.45, 7) is 10.2. The average molecular weight is 403 g/mol. The molecule has 0 saturated heterocycles. The molecule has 0 rings (SSSR count). The van der Waals surface area contributed by atoms with E-state index in [4.69, 9.17) is 20.3 Å². The maximum absolute atomic E-state index is 12.3. The number of carboxylic acids is 1. The van der Waals surface area contributed by atoms with Gasteiger partial charge in [0.25, 0.3) is 0 Å². The summed E-state index contributed by atoms with van der Waals surface area (Å²) in [6, 6.07) is -2.87. The Morgan fingerprint density at radius 1 is 0.964 bits per heavy atom. The lowest BCUT2D eigenvalue weighted by Crippen LogP contribution is -2.49. The van der Waals surface area contributed by atoms with Crippen molar-refractivity contribution < 1.29 is 33.8 Å². The Hall–Kier alpha value is -2.36. The van der Waals surface area contributed by atoms with Crippen LogP contribution < -0.4 is 16.4 Å². The van der Waals surface area contributed by atoms with Crippen molar-refractivity contribution >= 4 is 23.9 Å². The molecule has 0 aliphatic rings. The summed E-state index contributed by atoms with van der Waals surface area (Å²) in [7, 11) is 0. The Balaban J connectivity index is 4.80. The van der Waals surface area contributed by atoms with Crippen molar-refractivity contribution in [1.29, 1.82) is 0 Å². The smallest absolute Gasteiger partial charge is 0.329 e. The minimum Gasteiger partial charge on any atom is -0.480 e. The highest BCUT2D eigenvalue weighted by atomic mass is 16.6. The molecule has 0 spiro atoms. The van der Waals surface area contributed by atoms with Crippen LogP contribution >= 0.6 is 0 Å². The molecule has 0 bridgehead atoms. The molecular weight excluding hydrogens is 370 g/mol. The second-order valence-corrected chi connectivity index (χ2v) is 8.34. The number of nitrogens with one attached hydrogen (secondary N) is 2. The Bertz CT molecular complexity index is 565. The first-order valence-corrected chi connectivity index (χ1v) is 9.08. The summed E-state index contributed by atoms with van der Waals surface area (Å²) in [5, 5.41) is 13.6. The minimum atomic E-state index is -1.17. The molecule has 0 aromatic carbocycles. The molecule has 5 N–H and O–H groups in total. The third-order valence-corrected chi connectivity index (χ3v) is 3.11. The van der Waals surface area contributed by atoms with Crippen molar-refractivity contribution in [3.63, 3.8) is 0 Å². The maximum atomic E-state index is 12.3. The van der Waals surface area contributed by atoms with E-state index in [1.807, 2.05) is 0 Å². The zero-order valence-corrected chi connectivity index (χ0v) is 17.5. The number of hydrogen-bond acceptors (Lipinski definition) is 7. The summed E-state index contributed by atoms with van der Waals surface area (Å²) in [4.78, 5) is 46.9. The van der Waals surface area contributed by atoms with Gasteiger partial charge in [0, 0.05) is 13.0 Å². The number of esters is 2. The van der Waals surface area contributed by atoms with Gasteiger partial charge in [-0.1, -0.05) is 0 Å². The van der Waals surface area contributed by atoms with Crippen molar-refractivity contribution in [3.8, 4) is 0 Å². The number of carbonyl (C=O) groups is 4. The van der Waals surface area contributed by atoms with Crippen LogP contribution in [0.15, 0.2) is 0 Å². The molecule has 0 radical (unpaired) electrons. The fourth-order valence-corrected chi connectivity index (χ4v) is 1.95. The molecule has 162 valence electrons. The number of nitrogens with two attached hydrogens (primary N) is 1. The number of carboxylic acid groups (broad SMARTS) is 1. The van der Waals surface area contributed by atoms with E-state index in [9.17, 15) is 19.2 Å². The predicted molar refractivity (Wildman–Crippen MR) is 101 cm³/mol. The summed E-state index contributed by atoms with van der Waals surface area (Å²) < 4.78 is 10.5. The predicted octanol–water partition coefficient (Wildman–Crippen LogP) is 0.920. The standard InChI is InChI=1S/C18H33N3O7/c1-17(2,3)27-13(22)8-7-12(15(25)28-18(4,5)6)21-16(26)20-10-9-11(19)14(23)24/h11-12H,7-10,19H2,1-6H3,(H,23,24)(H2,20,21,26)/t11-,12+/m1/s1. The van der Waals surface area contributed by atoms with Crippen LogP contribution in [-0.4, -0.2) is 58.9 Å². The van der Waals surface area contributed by atoms with Gasteiger partial charge < -0.3 is 30.9 Å². The number of urea groups is 1. The van der Waals surface area contributed by atoms with E-state index >= 15 is 0 Å². The molecule has 10 nitrogen and oxygen atoms in total. The van der Waals surface area contributed by atoms with Gasteiger partial charge in [-0.2, -0.15) is 0 Å². The second kappa shape index (κ2) is 10.8. The van der Waals surface area contributed by atoms with Gasteiger partial charge in [-0.3, -0.25) is 9.59 Å². The highest BCUT2D eigenvalue weighted by molar-refractivity contribution is 5.84. The number of amides is 2. The molecule has 0 saturated carbocycles. The first-order valence-electron chi connectivity index (χ1n) is 9.08. The molecule has 0 aliphatic carbocycles. The van der Waals surface area contributed by atoms with Crippen molar-refractivity contribution in [1.82, 2.24) is 10.6 Å². The van der Waals surface area contributed by atoms with Crippen molar-refractivity contribution in [2.24, 2.45) is 5.73 Å². The van der Waals surface area contributed by atoms with Crippen LogP contribution in [0.1, 0.15) is 60.8 Å². The van der Waals surface area contributed by atoms with Gasteiger partial charge in [0.15, 0.2) is 0 Å². The molecule has 10 heteroatoms. The Morgan fingerprint density at radius 3 is 1.96 bits per heavy atom. The first-order chi connectivity index (χ1) is 12.6. The van der Waals surface area contributed by atoms with Gasteiger partial charge in [-0.15, -0.1) is 0 Å². The van der Waals surface area contributed by atoms with Crippen LogP contribution in [0.25, 0.3) is 0 Å². The molecule has 0 aliphatic heterocycles. The normalized spacial score (nSPS) is 13.8. The van der Waals surface area contributed by atoms with E-state index in [1.165, 1.54) is 0 Å². The Morgan fingerprint density at radius 2 is 1.50 bits per heavy atom. The number of rotatable bonds is 9. The van der Waals surface area contributed by atoms with E-state index in [2.05, 4.69) is 10.6 Å². The second-order valence-electron chi connectivity index (χ2n) is 8.34. The molecule has 2 atom stereocenters. The van der Waals surface area contributed by atoms with E-state index in [-0.39, 0.29) is 25.8 Å². The summed E-state index contributed by atoms with van der Waals surface area (Å²) in [5.41, 5.74) is 3.93. The van der Waals surface area contributed by atoms with E-state index < -0.39 is 47.2 Å². The maximum Gasteiger partial charge on any atom is 0.329 e. The minimum absolute atomic E-state index is 0.00635. The third kappa shape index (κ3) is 12.9. The molecule has 0 unspecified atom stereocenters. The lowest BCUT2D eigenvalue weighted by Gasteiger charge is -2.25. The molecular formula is C18H33N3O7. The highest BCUT2D eigenvalue weighted by Crippen LogP contribution is 2.13. The van der Waals surface area contributed by atoms with Gasteiger partial charge in [0.1, 0.15) is 23.3 Å². The summed E-state index contributed by atoms with van der Waals surface area (Å²) in [5.74, 6) is -2.37. The zero-order valence-electron chi connectivity index (χ0n) is 17.5. The van der Waals surface area contributed by atoms with Gasteiger partial charge in [-0.05, 0) is 54.4 Å². The van der Waals surface area contributed by atoms with Crippen LogP contribution in [0.2, 0.25) is 0 Å². The van der Waals surface area contributed by atoms with Crippen molar-refractivity contribution in [2.75, 3.05) is 6.54 Å². The van der Waals surface area contributed by atoms with Crippen molar-refractivity contribution in [3.05, 3.63) is 0 Å². The van der Waals surface area contributed by atoms with Crippen LogP contribution in [0.5, 0.6) is 0 Å². The summed E-state index contributed by atoms with van der Waals surface area (Å²) >= 11 is 0. The SMILES string of the molecule is CC(C)(C)OC(=O)CC[C@H](NC(=O)NCC[C@@H](N)C(=O)O)C(=O)OC(C)(C)C. The number of hydrogen-bond donors (Lipinski definition) is 4. The molecule has 2 amide bonds. The fourth-order valence-electron chi connectivity index (χ4n) is 1.95. The molecule has 28 heavy (non-hydrogen) atoms. The van der Waals surface area contributed by atoms with Crippen LogP contribution in [0, 0.1) is 0 Å². The van der Waals surface area contributed by atoms with Crippen molar-refractivity contribution in [2.45, 2.75) is 84.1 Å². The fraction of sp³-hybridized carbons (Fsp3) is 0.778. The third-order valence-electron chi connectivity index (χ3n) is 3.11. The highest BCUT2D eigenvalue weighted by Gasteiger charge is 2.28. The zero-order chi connectivity index (χ0) is 22.1. The van der Waals surface area contributed by atoms with Gasteiger partial charge in [0.2, 0.25) is 0 Å².